The van der Waals surface area contributed by atoms with Crippen LogP contribution in [0.2, 0.25) is 0 Å². The summed E-state index contributed by atoms with van der Waals surface area (Å²) < 4.78 is 0. The van der Waals surface area contributed by atoms with Crippen LogP contribution in [-0.4, -0.2) is 11.5 Å². The van der Waals surface area contributed by atoms with E-state index in [1.54, 1.807) is 0 Å². The van der Waals surface area contributed by atoms with E-state index in [-0.39, 0.29) is 51.4 Å². The number of aliphatic carboxylic acids is 1. The molecule has 0 rings (SSSR count). The molecule has 2 N–H and O–H groups in total. The summed E-state index contributed by atoms with van der Waals surface area (Å²) in [5.41, 5.74) is 5.04. The summed E-state index contributed by atoms with van der Waals surface area (Å²) in [6, 6.07) is 0. The van der Waals surface area contributed by atoms with Crippen LogP contribution in [0.1, 0.15) is 136 Å². The van der Waals surface area contributed by atoms with E-state index in [2.05, 4.69) is 13.8 Å². The van der Waals surface area contributed by atoms with Gasteiger partial charge in [0.05, 0.1) is 11.5 Å². The molecule has 0 aliphatic rings. The van der Waals surface area contributed by atoms with E-state index in [9.17, 15) is 9.90 Å². The molecule has 0 aromatic heterocycles. The molecule has 3 nitrogen and oxygen atoms in total. The molecule has 0 aromatic carbocycles. The summed E-state index contributed by atoms with van der Waals surface area (Å²) in [5, 5.41) is 11.5. The quantitative estimate of drug-likeness (QED) is 0.249. The zero-order valence-electron chi connectivity index (χ0n) is 18.8. The normalized spacial score (nSPS) is 13.1. The molecule has 0 aromatic rings. The van der Waals surface area contributed by atoms with Crippen molar-refractivity contribution < 1.29 is 61.3 Å². The number of unbranched alkanes of at least 4 members (excludes halogenated alkanes) is 15. The Bertz CT molecular complexity index is 326. The monoisotopic (exact) mass is 407 g/mol. The SMILES string of the molecule is CCCCCCCCCCCCC(N)(CCCCCCCCC)C(=O)[O-].[K+]. The van der Waals surface area contributed by atoms with Gasteiger partial charge in [0, 0.05) is 0 Å². The second-order valence-electron chi connectivity index (χ2n) is 8.25. The molecule has 0 fully saturated rings. The zero-order valence-corrected chi connectivity index (χ0v) is 22.0. The summed E-state index contributed by atoms with van der Waals surface area (Å²) in [6.07, 6.45) is 22.0. The molecule has 1 unspecified atom stereocenters. The van der Waals surface area contributed by atoms with Gasteiger partial charge in [-0.2, -0.15) is 0 Å². The Kier molecular flexibility index (Phi) is 24.4. The van der Waals surface area contributed by atoms with Crippen LogP contribution in [-0.2, 0) is 4.79 Å². The number of carboxylic acids is 1. The maximum absolute atomic E-state index is 11.5. The average molecular weight is 408 g/mol. The summed E-state index contributed by atoms with van der Waals surface area (Å²) in [4.78, 5) is 11.5. The molecular formula is C23H46KNO2. The van der Waals surface area contributed by atoms with Crippen molar-refractivity contribution in [2.75, 3.05) is 0 Å². The van der Waals surface area contributed by atoms with Crippen molar-refractivity contribution in [1.82, 2.24) is 0 Å². The number of carbonyl (C=O) groups is 1. The number of rotatable bonds is 20. The number of nitrogens with two attached hydrogens (primary N) is 1. The van der Waals surface area contributed by atoms with Crippen molar-refractivity contribution in [3.8, 4) is 0 Å². The Morgan fingerprint density at radius 1 is 0.630 bits per heavy atom. The summed E-state index contributed by atoms with van der Waals surface area (Å²) in [5.74, 6) is -1.06. The molecule has 0 heterocycles. The van der Waals surface area contributed by atoms with Crippen LogP contribution in [0.25, 0.3) is 0 Å². The van der Waals surface area contributed by atoms with Gasteiger partial charge in [-0.05, 0) is 12.8 Å². The van der Waals surface area contributed by atoms with Crippen LogP contribution in [0, 0.1) is 0 Å². The van der Waals surface area contributed by atoms with Gasteiger partial charge in [0.15, 0.2) is 0 Å². The fraction of sp³-hybridized carbons (Fsp3) is 0.957. The molecule has 0 saturated carbocycles. The molecule has 0 radical (unpaired) electrons. The van der Waals surface area contributed by atoms with Crippen LogP contribution in [0.3, 0.4) is 0 Å². The molecule has 0 aliphatic carbocycles. The van der Waals surface area contributed by atoms with Crippen LogP contribution >= 0.6 is 0 Å². The number of carbonyl (C=O) groups excluding carboxylic acids is 1. The summed E-state index contributed by atoms with van der Waals surface area (Å²) >= 11 is 0. The van der Waals surface area contributed by atoms with Crippen LogP contribution in [0.4, 0.5) is 0 Å². The van der Waals surface area contributed by atoms with E-state index in [0.29, 0.717) is 12.8 Å². The Hall–Kier alpha value is 1.07. The van der Waals surface area contributed by atoms with Crippen LogP contribution < -0.4 is 62.2 Å². The molecule has 4 heteroatoms. The predicted octanol–water partition coefficient (Wildman–Crippen LogP) is 2.89. The van der Waals surface area contributed by atoms with E-state index < -0.39 is 11.5 Å². The van der Waals surface area contributed by atoms with Crippen molar-refractivity contribution in [2.24, 2.45) is 5.73 Å². The van der Waals surface area contributed by atoms with Crippen molar-refractivity contribution in [1.29, 1.82) is 0 Å². The molecule has 0 bridgehead atoms. The Morgan fingerprint density at radius 2 is 0.889 bits per heavy atom. The van der Waals surface area contributed by atoms with Gasteiger partial charge >= 0.3 is 51.4 Å². The van der Waals surface area contributed by atoms with Crippen molar-refractivity contribution >= 4 is 5.97 Å². The second kappa shape index (κ2) is 21.8. The van der Waals surface area contributed by atoms with Gasteiger partial charge in [-0.15, -0.1) is 0 Å². The molecule has 1 atom stereocenters. The molecule has 27 heavy (non-hydrogen) atoms. The molecule has 0 spiro atoms. The van der Waals surface area contributed by atoms with E-state index in [0.717, 1.165) is 25.7 Å². The molecule has 0 amide bonds. The minimum absolute atomic E-state index is 0. The van der Waals surface area contributed by atoms with Crippen LogP contribution in [0.15, 0.2) is 0 Å². The fourth-order valence-corrected chi connectivity index (χ4v) is 3.65. The maximum Gasteiger partial charge on any atom is 1.00 e. The fourth-order valence-electron chi connectivity index (χ4n) is 3.65. The third kappa shape index (κ3) is 18.8. The van der Waals surface area contributed by atoms with E-state index in [4.69, 9.17) is 5.73 Å². The molecule has 0 aliphatic heterocycles. The minimum atomic E-state index is -1.11. The number of carboxylic acid groups (broad SMARTS) is 1. The van der Waals surface area contributed by atoms with E-state index >= 15 is 0 Å². The summed E-state index contributed by atoms with van der Waals surface area (Å²) in [7, 11) is 0. The van der Waals surface area contributed by atoms with E-state index in [1.807, 2.05) is 0 Å². The van der Waals surface area contributed by atoms with Gasteiger partial charge in [0.25, 0.3) is 0 Å². The van der Waals surface area contributed by atoms with Crippen LogP contribution in [0.5, 0.6) is 0 Å². The third-order valence-electron chi connectivity index (χ3n) is 5.61. The van der Waals surface area contributed by atoms with E-state index in [1.165, 1.54) is 83.5 Å². The molecule has 0 saturated heterocycles. The van der Waals surface area contributed by atoms with Gasteiger partial charge in [-0.1, -0.05) is 123 Å². The first-order chi connectivity index (χ1) is 12.6. The molecule has 156 valence electrons. The standard InChI is InChI=1S/C23H47NO2.K/c1-3-5-7-9-11-12-13-15-17-19-21-23(24,22(25)26)20-18-16-14-10-8-6-4-2;/h3-21,24H2,1-2H3,(H,25,26);/q;+1/p-1. The largest absolute Gasteiger partial charge is 1.00 e. The number of hydrogen-bond acceptors (Lipinski definition) is 3. The summed E-state index contributed by atoms with van der Waals surface area (Å²) in [6.45, 7) is 4.47. The predicted molar refractivity (Wildman–Crippen MR) is 111 cm³/mol. The number of hydrogen-bond donors (Lipinski definition) is 1. The first kappa shape index (κ1) is 30.3. The zero-order chi connectivity index (χ0) is 19.5. The van der Waals surface area contributed by atoms with Crippen molar-refractivity contribution in [2.45, 2.75) is 141 Å². The van der Waals surface area contributed by atoms with Gasteiger partial charge in [0.1, 0.15) is 0 Å². The minimum Gasteiger partial charge on any atom is -0.548 e. The smallest absolute Gasteiger partial charge is 0.548 e. The second-order valence-corrected chi connectivity index (χ2v) is 8.25. The van der Waals surface area contributed by atoms with Gasteiger partial charge in [-0.3, -0.25) is 0 Å². The first-order valence-corrected chi connectivity index (χ1v) is 11.6. The third-order valence-corrected chi connectivity index (χ3v) is 5.61. The first-order valence-electron chi connectivity index (χ1n) is 11.6. The van der Waals surface area contributed by atoms with Crippen molar-refractivity contribution in [3.05, 3.63) is 0 Å². The Morgan fingerprint density at radius 3 is 1.15 bits per heavy atom. The van der Waals surface area contributed by atoms with Gasteiger partial charge in [-0.25, -0.2) is 0 Å². The van der Waals surface area contributed by atoms with Gasteiger partial charge in [0.2, 0.25) is 0 Å². The topological polar surface area (TPSA) is 66.2 Å². The maximum atomic E-state index is 11.5. The average Bonchev–Trinajstić information content (AvgIpc) is 2.62. The Balaban J connectivity index is 0. The van der Waals surface area contributed by atoms with Gasteiger partial charge < -0.3 is 15.6 Å². The molecular weight excluding hydrogens is 361 g/mol. The Labute approximate surface area is 212 Å². The van der Waals surface area contributed by atoms with Crippen molar-refractivity contribution in [3.63, 3.8) is 0 Å².